The maximum atomic E-state index is 12.9. The maximum absolute atomic E-state index is 12.9. The lowest BCUT2D eigenvalue weighted by Crippen LogP contribution is -2.45. The number of hydrogen-bond donors (Lipinski definition) is 3. The van der Waals surface area contributed by atoms with E-state index in [0.29, 0.717) is 17.4 Å². The van der Waals surface area contributed by atoms with Crippen molar-refractivity contribution in [2.24, 2.45) is 0 Å². The summed E-state index contributed by atoms with van der Waals surface area (Å²) in [6.45, 7) is 4.64. The number of phosphoric acid groups is 1. The third-order valence-corrected chi connectivity index (χ3v) is 11.5. The van der Waals surface area contributed by atoms with Crippen molar-refractivity contribution in [3.63, 3.8) is 0 Å². The lowest BCUT2D eigenvalue weighted by Gasteiger charge is -2.25. The van der Waals surface area contributed by atoms with Gasteiger partial charge in [-0.3, -0.25) is 13.8 Å². The van der Waals surface area contributed by atoms with Crippen LogP contribution in [0.2, 0.25) is 0 Å². The summed E-state index contributed by atoms with van der Waals surface area (Å²) in [7, 11) is 1.52. The normalized spacial score (nSPS) is 15.0. The number of quaternary nitrogens is 1. The van der Waals surface area contributed by atoms with E-state index >= 15 is 0 Å². The average molecular weight is 912 g/mol. The Morgan fingerprint density at radius 3 is 1.44 bits per heavy atom. The molecule has 0 aliphatic rings. The fourth-order valence-corrected chi connectivity index (χ4v) is 7.24. The second-order valence-electron chi connectivity index (χ2n) is 17.8. The average Bonchev–Trinajstić information content (AvgIpc) is 3.25. The molecule has 0 spiro atoms. The molecule has 0 aromatic rings. The van der Waals surface area contributed by atoms with E-state index in [1.54, 1.807) is 6.08 Å². The topological polar surface area (TPSA) is 105 Å². The molecule has 0 aromatic heterocycles. The Hall–Kier alpha value is -2.84. The van der Waals surface area contributed by atoms with Crippen LogP contribution >= 0.6 is 7.82 Å². The van der Waals surface area contributed by atoms with Crippen molar-refractivity contribution >= 4 is 13.7 Å². The predicted molar refractivity (Wildman–Crippen MR) is 276 cm³/mol. The van der Waals surface area contributed by atoms with E-state index in [9.17, 15) is 19.4 Å². The monoisotopic (exact) mass is 912 g/mol. The van der Waals surface area contributed by atoms with E-state index in [1.165, 1.54) is 57.8 Å². The predicted octanol–water partition coefficient (Wildman–Crippen LogP) is 14.9. The minimum Gasteiger partial charge on any atom is -0.387 e. The number of carbonyl (C=O) groups excluding carboxylic acids is 1. The first-order valence-corrected chi connectivity index (χ1v) is 26.8. The van der Waals surface area contributed by atoms with Crippen molar-refractivity contribution in [2.45, 2.75) is 193 Å². The number of nitrogens with zero attached hydrogens (tertiary/aromatic N) is 1. The molecule has 0 radical (unpaired) electrons. The molecule has 0 saturated carbocycles. The number of amides is 1. The van der Waals surface area contributed by atoms with E-state index < -0.39 is 20.0 Å². The Morgan fingerprint density at radius 2 is 0.953 bits per heavy atom. The van der Waals surface area contributed by atoms with Gasteiger partial charge in [-0.25, -0.2) is 4.57 Å². The smallest absolute Gasteiger partial charge is 0.387 e. The SMILES string of the molecule is CC/C=C\C/C=C\C/C=C\C/C=C\C/C=C\C/C=C\C/C=C\CCCCCCCC(=O)NC(COP(=O)(O)OCC[N+](C)(C)C)C(O)/C=C/CC/C=C/CCCCCCCCCCC. The molecular weight excluding hydrogens is 816 g/mol. The highest BCUT2D eigenvalue weighted by Crippen LogP contribution is 2.43. The van der Waals surface area contributed by atoms with Crippen molar-refractivity contribution in [3.05, 3.63) is 109 Å². The number of likely N-dealkylation sites (N-methyl/N-ethyl adjacent to an activating group) is 1. The molecule has 64 heavy (non-hydrogen) atoms. The molecule has 8 nitrogen and oxygen atoms in total. The van der Waals surface area contributed by atoms with Crippen LogP contribution in [0.25, 0.3) is 0 Å². The fourth-order valence-electron chi connectivity index (χ4n) is 6.51. The van der Waals surface area contributed by atoms with Gasteiger partial charge in [-0.1, -0.05) is 194 Å². The number of hydrogen-bond acceptors (Lipinski definition) is 5. The number of carbonyl (C=O) groups is 1. The number of nitrogens with one attached hydrogen (secondary N) is 1. The van der Waals surface area contributed by atoms with Crippen molar-refractivity contribution < 1.29 is 32.9 Å². The Morgan fingerprint density at radius 1 is 0.547 bits per heavy atom. The summed E-state index contributed by atoms with van der Waals surface area (Å²) >= 11 is 0. The zero-order valence-corrected chi connectivity index (χ0v) is 42.4. The van der Waals surface area contributed by atoms with Gasteiger partial charge in [0.2, 0.25) is 5.91 Å². The second kappa shape index (κ2) is 45.3. The Bertz CT molecular complexity index is 1400. The Kier molecular flexibility index (Phi) is 43.3. The van der Waals surface area contributed by atoms with Gasteiger partial charge >= 0.3 is 7.82 Å². The molecule has 3 unspecified atom stereocenters. The number of unbranched alkanes of at least 4 members (excludes halogenated alkanes) is 15. The van der Waals surface area contributed by atoms with Gasteiger partial charge in [0.25, 0.3) is 0 Å². The molecule has 0 saturated heterocycles. The van der Waals surface area contributed by atoms with Gasteiger partial charge in [0.1, 0.15) is 13.2 Å². The maximum Gasteiger partial charge on any atom is 0.472 e. The molecule has 1 amide bonds. The zero-order valence-electron chi connectivity index (χ0n) is 41.5. The summed E-state index contributed by atoms with van der Waals surface area (Å²) in [6.07, 6.45) is 66.0. The number of phosphoric ester groups is 1. The van der Waals surface area contributed by atoms with Gasteiger partial charge < -0.3 is 19.8 Å². The van der Waals surface area contributed by atoms with Gasteiger partial charge in [0.15, 0.2) is 0 Å². The van der Waals surface area contributed by atoms with E-state index in [1.807, 2.05) is 27.2 Å². The summed E-state index contributed by atoms with van der Waals surface area (Å²) < 4.78 is 23.6. The molecule has 366 valence electrons. The molecule has 9 heteroatoms. The van der Waals surface area contributed by atoms with Crippen LogP contribution in [-0.2, 0) is 18.4 Å². The summed E-state index contributed by atoms with van der Waals surface area (Å²) in [5.74, 6) is -0.212. The van der Waals surface area contributed by atoms with Crippen LogP contribution in [-0.4, -0.2) is 73.4 Å². The van der Waals surface area contributed by atoms with Gasteiger partial charge in [-0.2, -0.15) is 0 Å². The molecule has 0 aliphatic carbocycles. The molecule has 0 heterocycles. The summed E-state index contributed by atoms with van der Waals surface area (Å²) in [5, 5.41) is 13.8. The van der Waals surface area contributed by atoms with Gasteiger partial charge in [-0.15, -0.1) is 0 Å². The Balaban J connectivity index is 4.40. The molecule has 3 N–H and O–H groups in total. The minimum atomic E-state index is -4.36. The van der Waals surface area contributed by atoms with Crippen molar-refractivity contribution in [1.82, 2.24) is 5.32 Å². The largest absolute Gasteiger partial charge is 0.472 e. The quantitative estimate of drug-likeness (QED) is 0.0243. The van der Waals surface area contributed by atoms with E-state index in [-0.39, 0.29) is 19.1 Å². The van der Waals surface area contributed by atoms with Crippen molar-refractivity contribution in [1.29, 1.82) is 0 Å². The van der Waals surface area contributed by atoms with E-state index in [4.69, 9.17) is 9.05 Å². The van der Waals surface area contributed by atoms with Crippen LogP contribution in [0.1, 0.15) is 181 Å². The first kappa shape index (κ1) is 61.2. The number of rotatable bonds is 44. The van der Waals surface area contributed by atoms with Crippen LogP contribution in [0.3, 0.4) is 0 Å². The van der Waals surface area contributed by atoms with Crippen LogP contribution in [0.4, 0.5) is 0 Å². The van der Waals surface area contributed by atoms with Crippen molar-refractivity contribution in [2.75, 3.05) is 40.9 Å². The molecule has 0 bridgehead atoms. The molecule has 0 fully saturated rings. The highest BCUT2D eigenvalue weighted by molar-refractivity contribution is 7.47. The van der Waals surface area contributed by atoms with E-state index in [2.05, 4.69) is 116 Å². The second-order valence-corrected chi connectivity index (χ2v) is 19.3. The van der Waals surface area contributed by atoms with E-state index in [0.717, 1.165) is 103 Å². The number of aliphatic hydroxyl groups excluding tert-OH is 1. The number of allylic oxidation sites excluding steroid dienone is 17. The fraction of sp³-hybridized carbons (Fsp3) is 0.655. The van der Waals surface area contributed by atoms with Gasteiger partial charge in [0.05, 0.1) is 39.9 Å². The highest BCUT2D eigenvalue weighted by atomic mass is 31.2. The van der Waals surface area contributed by atoms with Crippen LogP contribution in [0.5, 0.6) is 0 Å². The Labute approximate surface area is 393 Å². The summed E-state index contributed by atoms with van der Waals surface area (Å²) in [5.41, 5.74) is 0. The zero-order chi connectivity index (χ0) is 47.1. The molecule has 3 atom stereocenters. The lowest BCUT2D eigenvalue weighted by atomic mass is 10.1. The van der Waals surface area contributed by atoms with Crippen LogP contribution in [0.15, 0.2) is 109 Å². The standard InChI is InChI=1S/C55H95N2O6P/c1-6-8-10-12-14-16-18-20-22-23-24-25-26-27-28-29-30-31-32-33-35-37-39-41-43-45-47-49-55(59)56-53(52-63-64(60,61)62-51-50-57(3,4)5)54(58)48-46-44-42-40-38-36-34-21-19-17-15-13-11-9-7-2/h8,10,14,16,20,22,24-25,27-28,30-31,33,35,38,40,46,48,53-54,58H,6-7,9,11-13,15,17-19,21,23,26,29,32,34,36-37,39,41-45,47,49-52H2,1-5H3,(H-,56,59,60,61)/p+1/b10-8-,16-14-,22-20-,25-24-,28-27-,31-30-,35-33-,40-38+,48-46+. The molecule has 0 aliphatic heterocycles. The lowest BCUT2D eigenvalue weighted by molar-refractivity contribution is -0.870. The minimum absolute atomic E-state index is 0.0456. The van der Waals surface area contributed by atoms with Crippen LogP contribution < -0.4 is 5.32 Å². The van der Waals surface area contributed by atoms with Gasteiger partial charge in [0, 0.05) is 6.42 Å². The first-order chi connectivity index (χ1) is 31.0. The first-order valence-electron chi connectivity index (χ1n) is 25.3. The third kappa shape index (κ3) is 47.1. The highest BCUT2D eigenvalue weighted by Gasteiger charge is 2.27. The van der Waals surface area contributed by atoms with Crippen molar-refractivity contribution in [3.8, 4) is 0 Å². The number of aliphatic hydroxyl groups is 1. The summed E-state index contributed by atoms with van der Waals surface area (Å²) in [4.78, 5) is 23.2. The summed E-state index contributed by atoms with van der Waals surface area (Å²) in [6, 6.07) is -0.881. The molecular formula is C55H96N2O6P+. The van der Waals surface area contributed by atoms with Gasteiger partial charge in [-0.05, 0) is 89.9 Å². The molecule has 0 rings (SSSR count). The van der Waals surface area contributed by atoms with Crippen LogP contribution in [0, 0.1) is 0 Å². The third-order valence-electron chi connectivity index (χ3n) is 10.5. The molecule has 0 aromatic carbocycles.